The predicted octanol–water partition coefficient (Wildman–Crippen LogP) is 2.31. The lowest BCUT2D eigenvalue weighted by Crippen LogP contribution is -2.48. The second-order valence-corrected chi connectivity index (χ2v) is 8.90. The van der Waals surface area contributed by atoms with Crippen LogP contribution in [-0.4, -0.2) is 38.0 Å². The molecule has 0 saturated heterocycles. The molecule has 1 rings (SSSR count). The number of amides is 1. The molecule has 0 spiro atoms. The number of rotatable bonds is 11. The van der Waals surface area contributed by atoms with E-state index < -0.39 is 33.9 Å². The molecule has 1 amide bonds. The Hall–Kier alpha value is -1.93. The topological polar surface area (TPSA) is 113 Å². The fourth-order valence-electron chi connectivity index (χ4n) is 2.66. The fraction of sp³-hybridized carbons (Fsp3) is 0.579. The molecule has 0 aliphatic carbocycles. The Kier molecular flexibility index (Phi) is 8.92. The lowest BCUT2D eigenvalue weighted by Gasteiger charge is -2.21. The van der Waals surface area contributed by atoms with Crippen LogP contribution < -0.4 is 10.0 Å². The third-order valence-corrected chi connectivity index (χ3v) is 5.65. The number of carboxylic acid groups (broad SMARTS) is 1. The van der Waals surface area contributed by atoms with Crippen molar-refractivity contribution in [2.75, 3.05) is 6.54 Å². The van der Waals surface area contributed by atoms with E-state index in [1.807, 2.05) is 27.7 Å². The largest absolute Gasteiger partial charge is 0.481 e. The van der Waals surface area contributed by atoms with Gasteiger partial charge in [-0.15, -0.1) is 0 Å². The van der Waals surface area contributed by atoms with Crippen molar-refractivity contribution in [3.05, 3.63) is 29.8 Å². The smallest absolute Gasteiger partial charge is 0.308 e. The molecule has 0 saturated carbocycles. The van der Waals surface area contributed by atoms with Gasteiger partial charge in [0.15, 0.2) is 0 Å². The van der Waals surface area contributed by atoms with Crippen molar-refractivity contribution in [3.63, 3.8) is 0 Å². The molecule has 0 radical (unpaired) electrons. The van der Waals surface area contributed by atoms with Crippen LogP contribution in [0.1, 0.15) is 45.6 Å². The van der Waals surface area contributed by atoms with Crippen molar-refractivity contribution in [1.82, 2.24) is 10.0 Å². The summed E-state index contributed by atoms with van der Waals surface area (Å²) in [6, 6.07) is 5.39. The van der Waals surface area contributed by atoms with E-state index in [4.69, 9.17) is 0 Å². The number of hydrogen-bond acceptors (Lipinski definition) is 4. The van der Waals surface area contributed by atoms with Gasteiger partial charge in [0.05, 0.1) is 10.8 Å². The minimum Gasteiger partial charge on any atom is -0.481 e. The molecule has 0 fully saturated rings. The van der Waals surface area contributed by atoms with Crippen molar-refractivity contribution in [3.8, 4) is 0 Å². The standard InChI is InChI=1S/C19H30N2O5S/c1-5-6-15(19(23)24)12-20-18(22)17(11-13(2)3)21-27(25,26)16-9-7-14(4)8-10-16/h7-10,13,15,17,21H,5-6,11-12H2,1-4H3,(H,20,22)(H,23,24). The Balaban J connectivity index is 2.89. The highest BCUT2D eigenvalue weighted by Gasteiger charge is 2.27. The molecule has 152 valence electrons. The van der Waals surface area contributed by atoms with E-state index in [9.17, 15) is 23.1 Å². The van der Waals surface area contributed by atoms with Crippen LogP contribution >= 0.6 is 0 Å². The minimum absolute atomic E-state index is 0.0249. The van der Waals surface area contributed by atoms with Crippen LogP contribution in [0.5, 0.6) is 0 Å². The van der Waals surface area contributed by atoms with E-state index >= 15 is 0 Å². The van der Waals surface area contributed by atoms with Crippen molar-refractivity contribution in [2.45, 2.75) is 57.9 Å². The highest BCUT2D eigenvalue weighted by atomic mass is 32.2. The van der Waals surface area contributed by atoms with Crippen LogP contribution in [0.2, 0.25) is 0 Å². The number of hydrogen-bond donors (Lipinski definition) is 3. The molecule has 2 unspecified atom stereocenters. The van der Waals surface area contributed by atoms with Gasteiger partial charge in [-0.25, -0.2) is 8.42 Å². The number of carbonyl (C=O) groups is 2. The Morgan fingerprint density at radius 1 is 1.15 bits per heavy atom. The summed E-state index contributed by atoms with van der Waals surface area (Å²) in [5.41, 5.74) is 0.932. The second kappa shape index (κ2) is 10.4. The van der Waals surface area contributed by atoms with Crippen molar-refractivity contribution < 1.29 is 23.1 Å². The number of aliphatic carboxylic acids is 1. The third-order valence-electron chi connectivity index (χ3n) is 4.16. The van der Waals surface area contributed by atoms with Crippen LogP contribution in [0.4, 0.5) is 0 Å². The van der Waals surface area contributed by atoms with Crippen molar-refractivity contribution >= 4 is 21.9 Å². The van der Waals surface area contributed by atoms with Crippen LogP contribution in [0.25, 0.3) is 0 Å². The number of benzene rings is 1. The van der Waals surface area contributed by atoms with Gasteiger partial charge in [-0.1, -0.05) is 44.9 Å². The van der Waals surface area contributed by atoms with Gasteiger partial charge >= 0.3 is 5.97 Å². The van der Waals surface area contributed by atoms with Gasteiger partial charge in [0.1, 0.15) is 6.04 Å². The predicted molar refractivity (Wildman–Crippen MR) is 104 cm³/mol. The number of sulfonamides is 1. The van der Waals surface area contributed by atoms with E-state index in [1.54, 1.807) is 12.1 Å². The summed E-state index contributed by atoms with van der Waals surface area (Å²) in [6.45, 7) is 7.47. The van der Waals surface area contributed by atoms with Gasteiger partial charge in [-0.2, -0.15) is 4.72 Å². The molecule has 0 aliphatic heterocycles. The zero-order valence-corrected chi connectivity index (χ0v) is 17.2. The van der Waals surface area contributed by atoms with Gasteiger partial charge in [0, 0.05) is 6.54 Å². The molecule has 27 heavy (non-hydrogen) atoms. The summed E-state index contributed by atoms with van der Waals surface area (Å²) in [5.74, 6) is -2.10. The molecular formula is C19H30N2O5S. The molecule has 2 atom stereocenters. The normalized spacial score (nSPS) is 14.0. The molecule has 8 heteroatoms. The van der Waals surface area contributed by atoms with E-state index in [2.05, 4.69) is 10.0 Å². The number of nitrogens with one attached hydrogen (secondary N) is 2. The summed E-state index contributed by atoms with van der Waals surface area (Å²) in [7, 11) is -3.86. The molecule has 7 nitrogen and oxygen atoms in total. The number of carboxylic acids is 1. The summed E-state index contributed by atoms with van der Waals surface area (Å²) in [6.07, 6.45) is 1.43. The second-order valence-electron chi connectivity index (χ2n) is 7.19. The first-order valence-electron chi connectivity index (χ1n) is 9.16. The Bertz CT molecular complexity index is 729. The Morgan fingerprint density at radius 3 is 2.22 bits per heavy atom. The van der Waals surface area contributed by atoms with Gasteiger partial charge in [0.2, 0.25) is 15.9 Å². The van der Waals surface area contributed by atoms with Crippen LogP contribution in [0.15, 0.2) is 29.2 Å². The maximum Gasteiger partial charge on any atom is 0.308 e. The van der Waals surface area contributed by atoms with Gasteiger partial charge in [-0.05, 0) is 37.8 Å². The molecule has 0 heterocycles. The van der Waals surface area contributed by atoms with E-state index in [1.165, 1.54) is 12.1 Å². The van der Waals surface area contributed by atoms with Gasteiger partial charge < -0.3 is 10.4 Å². The van der Waals surface area contributed by atoms with E-state index in [0.29, 0.717) is 19.3 Å². The summed E-state index contributed by atoms with van der Waals surface area (Å²) in [4.78, 5) is 23.9. The van der Waals surface area contributed by atoms with Crippen molar-refractivity contribution in [1.29, 1.82) is 0 Å². The Morgan fingerprint density at radius 2 is 1.74 bits per heavy atom. The van der Waals surface area contributed by atoms with Gasteiger partial charge in [0.25, 0.3) is 0 Å². The number of aryl methyl sites for hydroxylation is 1. The zero-order valence-electron chi connectivity index (χ0n) is 16.4. The third kappa shape index (κ3) is 7.68. The minimum atomic E-state index is -3.86. The summed E-state index contributed by atoms with van der Waals surface area (Å²) >= 11 is 0. The monoisotopic (exact) mass is 398 g/mol. The molecule has 0 bridgehead atoms. The Labute approximate surface area is 161 Å². The molecular weight excluding hydrogens is 368 g/mol. The molecule has 0 aliphatic rings. The maximum atomic E-state index is 12.6. The first-order valence-corrected chi connectivity index (χ1v) is 10.6. The lowest BCUT2D eigenvalue weighted by molar-refractivity contribution is -0.142. The molecule has 1 aromatic carbocycles. The summed E-state index contributed by atoms with van der Waals surface area (Å²) in [5, 5.41) is 11.8. The number of carbonyl (C=O) groups excluding carboxylic acids is 1. The molecule has 3 N–H and O–H groups in total. The fourth-order valence-corrected chi connectivity index (χ4v) is 3.87. The molecule has 1 aromatic rings. The van der Waals surface area contributed by atoms with Gasteiger partial charge in [-0.3, -0.25) is 9.59 Å². The maximum absolute atomic E-state index is 12.6. The highest BCUT2D eigenvalue weighted by molar-refractivity contribution is 7.89. The first-order chi connectivity index (χ1) is 12.6. The van der Waals surface area contributed by atoms with Crippen LogP contribution in [0.3, 0.4) is 0 Å². The SMILES string of the molecule is CCCC(CNC(=O)C(CC(C)C)NS(=O)(=O)c1ccc(C)cc1)C(=O)O. The summed E-state index contributed by atoms with van der Waals surface area (Å²) < 4.78 is 27.7. The van der Waals surface area contributed by atoms with Crippen LogP contribution in [0, 0.1) is 18.8 Å². The van der Waals surface area contributed by atoms with E-state index in [-0.39, 0.29) is 17.4 Å². The van der Waals surface area contributed by atoms with Crippen molar-refractivity contribution in [2.24, 2.45) is 11.8 Å². The zero-order chi connectivity index (χ0) is 20.6. The average molecular weight is 399 g/mol. The quantitative estimate of drug-likeness (QED) is 0.529. The molecule has 0 aromatic heterocycles. The first kappa shape index (κ1) is 23.1. The highest BCUT2D eigenvalue weighted by Crippen LogP contribution is 2.14. The average Bonchev–Trinajstić information content (AvgIpc) is 2.57. The van der Waals surface area contributed by atoms with E-state index in [0.717, 1.165) is 5.56 Å². The lowest BCUT2D eigenvalue weighted by atomic mass is 10.0. The van der Waals surface area contributed by atoms with Crippen LogP contribution in [-0.2, 0) is 19.6 Å².